The van der Waals surface area contributed by atoms with Crippen LogP contribution in [-0.2, 0) is 16.2 Å². The normalized spacial score (nSPS) is 14.2. The predicted octanol–water partition coefficient (Wildman–Crippen LogP) is 4.91. The van der Waals surface area contributed by atoms with E-state index in [9.17, 15) is 34.6 Å². The van der Waals surface area contributed by atoms with Gasteiger partial charge in [0.15, 0.2) is 11.5 Å². The van der Waals surface area contributed by atoms with Crippen molar-refractivity contribution in [3.8, 4) is 11.5 Å². The van der Waals surface area contributed by atoms with Crippen LogP contribution in [0.25, 0.3) is 6.08 Å². The van der Waals surface area contributed by atoms with Gasteiger partial charge in [0.25, 0.3) is 23.2 Å². The van der Waals surface area contributed by atoms with E-state index in [1.54, 1.807) is 25.1 Å². The van der Waals surface area contributed by atoms with Crippen LogP contribution in [0.4, 0.5) is 21.9 Å². The molecule has 4 rings (SSSR count). The highest BCUT2D eigenvalue weighted by molar-refractivity contribution is 9.10. The highest BCUT2D eigenvalue weighted by Crippen LogP contribution is 2.38. The number of carbonyl (C=O) groups excluding carboxylic acids is 3. The van der Waals surface area contributed by atoms with E-state index >= 15 is 0 Å². The van der Waals surface area contributed by atoms with E-state index in [4.69, 9.17) is 9.47 Å². The van der Waals surface area contributed by atoms with E-state index in [1.807, 2.05) is 0 Å². The van der Waals surface area contributed by atoms with E-state index in [2.05, 4.69) is 21.2 Å². The first kappa shape index (κ1) is 27.9. The minimum atomic E-state index is -1.04. The Morgan fingerprint density at radius 1 is 0.950 bits per heavy atom. The second kappa shape index (κ2) is 11.7. The predicted molar refractivity (Wildman–Crippen MR) is 145 cm³/mol. The molecule has 0 saturated carbocycles. The van der Waals surface area contributed by atoms with Crippen LogP contribution < -0.4 is 19.7 Å². The molecule has 4 amide bonds. The average molecular weight is 611 g/mol. The molecule has 1 fully saturated rings. The van der Waals surface area contributed by atoms with Crippen molar-refractivity contribution in [2.24, 2.45) is 0 Å². The molecule has 0 bridgehead atoms. The SMILES string of the molecule is CCOc1cc(/C=C2\C(=O)NC(=O)N(c3cccc([N+](=O)[O-])c3)C2=O)cc(Br)c1OCc1ccc([N+](=O)[O-])cc1. The van der Waals surface area contributed by atoms with Crippen LogP contribution in [0.1, 0.15) is 18.1 Å². The number of barbiturate groups is 1. The maximum atomic E-state index is 13.2. The highest BCUT2D eigenvalue weighted by atomic mass is 79.9. The summed E-state index contributed by atoms with van der Waals surface area (Å²) in [5.41, 5.74) is 0.159. The van der Waals surface area contributed by atoms with Gasteiger partial charge in [-0.3, -0.25) is 35.1 Å². The van der Waals surface area contributed by atoms with Gasteiger partial charge in [0.2, 0.25) is 0 Å². The molecular weight excluding hydrogens is 592 g/mol. The Labute approximate surface area is 234 Å². The van der Waals surface area contributed by atoms with Crippen molar-refractivity contribution in [3.63, 3.8) is 0 Å². The number of nitrogens with zero attached hydrogens (tertiary/aromatic N) is 3. The van der Waals surface area contributed by atoms with Crippen LogP contribution in [0, 0.1) is 20.2 Å². The Morgan fingerprint density at radius 3 is 2.30 bits per heavy atom. The second-order valence-electron chi connectivity index (χ2n) is 8.21. The first-order valence-corrected chi connectivity index (χ1v) is 12.4. The number of ether oxygens (including phenoxy) is 2. The molecular formula is C26H19BrN4O9. The maximum Gasteiger partial charge on any atom is 0.335 e. The Balaban J connectivity index is 1.64. The van der Waals surface area contributed by atoms with Crippen LogP contribution in [0.15, 0.2) is 70.7 Å². The molecule has 1 N–H and O–H groups in total. The largest absolute Gasteiger partial charge is 0.490 e. The molecule has 0 spiro atoms. The number of carbonyl (C=O) groups is 3. The summed E-state index contributed by atoms with van der Waals surface area (Å²) in [6, 6.07) is 12.8. The maximum absolute atomic E-state index is 13.2. The molecule has 0 aromatic heterocycles. The zero-order chi connectivity index (χ0) is 29.0. The molecule has 204 valence electrons. The average Bonchev–Trinajstić information content (AvgIpc) is 2.91. The van der Waals surface area contributed by atoms with Gasteiger partial charge in [0, 0.05) is 24.3 Å². The van der Waals surface area contributed by atoms with Crippen molar-refractivity contribution in [1.29, 1.82) is 0 Å². The van der Waals surface area contributed by atoms with Gasteiger partial charge in [-0.1, -0.05) is 6.07 Å². The van der Waals surface area contributed by atoms with E-state index in [0.29, 0.717) is 26.2 Å². The number of nitro groups is 2. The van der Waals surface area contributed by atoms with Crippen LogP contribution in [0.2, 0.25) is 0 Å². The lowest BCUT2D eigenvalue weighted by molar-refractivity contribution is -0.385. The Bertz CT molecular complexity index is 1570. The molecule has 0 unspecified atom stereocenters. The minimum absolute atomic E-state index is 0.0515. The number of urea groups is 1. The molecule has 1 aliphatic heterocycles. The van der Waals surface area contributed by atoms with Crippen LogP contribution in [-0.4, -0.2) is 34.3 Å². The number of nitro benzene ring substituents is 2. The van der Waals surface area contributed by atoms with Gasteiger partial charge in [-0.25, -0.2) is 9.69 Å². The third-order valence-corrected chi connectivity index (χ3v) is 6.16. The molecule has 3 aromatic carbocycles. The smallest absolute Gasteiger partial charge is 0.335 e. The first-order chi connectivity index (χ1) is 19.1. The summed E-state index contributed by atoms with van der Waals surface area (Å²) in [7, 11) is 0. The van der Waals surface area contributed by atoms with Gasteiger partial charge in [-0.2, -0.15) is 0 Å². The summed E-state index contributed by atoms with van der Waals surface area (Å²) in [5.74, 6) is -1.32. The standard InChI is InChI=1S/C26H19BrN4O9/c1-2-39-22-12-16(11-21(27)23(22)40-14-15-6-8-17(9-7-15)30(35)36)10-20-24(32)28-26(34)29(25(20)33)18-4-3-5-19(13-18)31(37)38/h3-13H,2,14H2,1H3,(H,28,32,34)/b20-10+. The van der Waals surface area contributed by atoms with Crippen molar-refractivity contribution in [1.82, 2.24) is 5.32 Å². The van der Waals surface area contributed by atoms with Crippen molar-refractivity contribution in [2.45, 2.75) is 13.5 Å². The van der Waals surface area contributed by atoms with Gasteiger partial charge in [0.05, 0.1) is 26.6 Å². The van der Waals surface area contributed by atoms with Crippen LogP contribution >= 0.6 is 15.9 Å². The second-order valence-corrected chi connectivity index (χ2v) is 9.06. The van der Waals surface area contributed by atoms with Crippen molar-refractivity contribution >= 4 is 56.9 Å². The summed E-state index contributed by atoms with van der Waals surface area (Å²) >= 11 is 3.41. The number of hydrogen-bond donors (Lipinski definition) is 1. The lowest BCUT2D eigenvalue weighted by Gasteiger charge is -2.26. The molecule has 14 heteroatoms. The number of nitrogens with one attached hydrogen (secondary N) is 1. The molecule has 0 radical (unpaired) electrons. The molecule has 1 saturated heterocycles. The van der Waals surface area contributed by atoms with Crippen molar-refractivity contribution in [2.75, 3.05) is 11.5 Å². The van der Waals surface area contributed by atoms with E-state index in [1.165, 1.54) is 42.5 Å². The fraction of sp³-hybridized carbons (Fsp3) is 0.115. The molecule has 13 nitrogen and oxygen atoms in total. The number of halogens is 1. The minimum Gasteiger partial charge on any atom is -0.490 e. The summed E-state index contributed by atoms with van der Waals surface area (Å²) < 4.78 is 12.0. The summed E-state index contributed by atoms with van der Waals surface area (Å²) in [5, 5.41) is 24.1. The van der Waals surface area contributed by atoms with E-state index < -0.39 is 27.7 Å². The van der Waals surface area contributed by atoms with Gasteiger partial charge in [-0.15, -0.1) is 0 Å². The fourth-order valence-corrected chi connectivity index (χ4v) is 4.32. The molecule has 40 heavy (non-hydrogen) atoms. The molecule has 1 heterocycles. The Hall–Kier alpha value is -5.11. The van der Waals surface area contributed by atoms with Crippen molar-refractivity contribution in [3.05, 3.63) is 102 Å². The summed E-state index contributed by atoms with van der Waals surface area (Å²) in [4.78, 5) is 59.8. The molecule has 0 aliphatic carbocycles. The first-order valence-electron chi connectivity index (χ1n) is 11.6. The Morgan fingerprint density at radius 2 is 1.65 bits per heavy atom. The number of imide groups is 2. The zero-order valence-corrected chi connectivity index (χ0v) is 22.2. The van der Waals surface area contributed by atoms with Gasteiger partial charge in [-0.05, 0) is 70.4 Å². The van der Waals surface area contributed by atoms with Gasteiger partial charge < -0.3 is 9.47 Å². The number of amides is 4. The molecule has 1 aliphatic rings. The third kappa shape index (κ3) is 5.96. The molecule has 3 aromatic rings. The zero-order valence-electron chi connectivity index (χ0n) is 20.7. The number of rotatable bonds is 9. The fourth-order valence-electron chi connectivity index (χ4n) is 3.75. The van der Waals surface area contributed by atoms with Crippen LogP contribution in [0.5, 0.6) is 11.5 Å². The van der Waals surface area contributed by atoms with E-state index in [0.717, 1.165) is 6.07 Å². The quantitative estimate of drug-likeness (QED) is 0.153. The Kier molecular flexibility index (Phi) is 8.19. The highest BCUT2D eigenvalue weighted by Gasteiger charge is 2.37. The number of non-ortho nitro benzene ring substituents is 2. The van der Waals surface area contributed by atoms with Crippen LogP contribution in [0.3, 0.4) is 0 Å². The molecule has 0 atom stereocenters. The monoisotopic (exact) mass is 610 g/mol. The third-order valence-electron chi connectivity index (χ3n) is 5.57. The van der Waals surface area contributed by atoms with Gasteiger partial charge in [0.1, 0.15) is 12.2 Å². The number of anilines is 1. The lowest BCUT2D eigenvalue weighted by Crippen LogP contribution is -2.54. The number of benzene rings is 3. The lowest BCUT2D eigenvalue weighted by atomic mass is 10.1. The van der Waals surface area contributed by atoms with Gasteiger partial charge >= 0.3 is 6.03 Å². The summed E-state index contributed by atoms with van der Waals surface area (Å²) in [6.45, 7) is 2.08. The number of hydrogen-bond acceptors (Lipinski definition) is 9. The topological polar surface area (TPSA) is 171 Å². The van der Waals surface area contributed by atoms with E-state index in [-0.39, 0.29) is 41.6 Å². The summed E-state index contributed by atoms with van der Waals surface area (Å²) in [6.07, 6.45) is 1.25. The van der Waals surface area contributed by atoms with Crippen molar-refractivity contribution < 1.29 is 33.7 Å².